The zero-order valence-corrected chi connectivity index (χ0v) is 7.77. The Morgan fingerprint density at radius 1 is 1.54 bits per heavy atom. The van der Waals surface area contributed by atoms with Crippen LogP contribution in [0.15, 0.2) is 0 Å². The van der Waals surface area contributed by atoms with E-state index in [1.807, 2.05) is 5.32 Å². The monoisotopic (exact) mass is 190 g/mol. The van der Waals surface area contributed by atoms with Crippen molar-refractivity contribution < 1.29 is 13.6 Å². The summed E-state index contributed by atoms with van der Waals surface area (Å²) in [5, 5.41) is 10.5. The summed E-state index contributed by atoms with van der Waals surface area (Å²) in [6.45, 7) is 3.83. The van der Waals surface area contributed by atoms with Crippen LogP contribution in [0.25, 0.3) is 0 Å². The van der Waals surface area contributed by atoms with Crippen LogP contribution in [0.5, 0.6) is 0 Å². The van der Waals surface area contributed by atoms with Gasteiger partial charge in [-0.25, -0.2) is 0 Å². The van der Waals surface area contributed by atoms with Crippen molar-refractivity contribution in [2.24, 2.45) is 5.92 Å². The topological polar surface area (TPSA) is 52.9 Å². The van der Waals surface area contributed by atoms with Crippen LogP contribution in [0, 0.1) is 17.2 Å². The molecule has 0 aromatic rings. The molecule has 74 valence electrons. The van der Waals surface area contributed by atoms with E-state index >= 15 is 0 Å². The van der Waals surface area contributed by atoms with E-state index in [0.717, 1.165) is 0 Å². The average molecular weight is 190 g/mol. The summed E-state index contributed by atoms with van der Waals surface area (Å²) in [6.07, 6.45) is 0. The van der Waals surface area contributed by atoms with E-state index < -0.39 is 17.9 Å². The number of hydrogen-bond acceptors (Lipinski definition) is 2. The molecule has 1 atom stereocenters. The molecule has 0 aliphatic carbocycles. The molecule has 0 bridgehead atoms. The summed E-state index contributed by atoms with van der Waals surface area (Å²) in [7, 11) is 0. The molecule has 0 fully saturated rings. The zero-order chi connectivity index (χ0) is 10.6. The van der Waals surface area contributed by atoms with E-state index in [1.165, 1.54) is 0 Å². The molecule has 3 nitrogen and oxygen atoms in total. The van der Waals surface area contributed by atoms with Crippen LogP contribution in [-0.4, -0.2) is 17.9 Å². The molecule has 13 heavy (non-hydrogen) atoms. The van der Waals surface area contributed by atoms with E-state index in [9.17, 15) is 13.6 Å². The molecule has 0 radical (unpaired) electrons. The van der Waals surface area contributed by atoms with Gasteiger partial charge >= 0.3 is 5.92 Å². The first kappa shape index (κ1) is 11.8. The second-order valence-electron chi connectivity index (χ2n) is 3.21. The van der Waals surface area contributed by atoms with E-state index in [1.54, 1.807) is 19.9 Å². The maximum atomic E-state index is 12.4. The molecule has 0 aliphatic heterocycles. The Balaban J connectivity index is 4.29. The van der Waals surface area contributed by atoms with Gasteiger partial charge in [0.25, 0.3) is 5.91 Å². The first-order valence-electron chi connectivity index (χ1n) is 3.87. The second kappa shape index (κ2) is 4.17. The third-order valence-electron chi connectivity index (χ3n) is 1.49. The lowest BCUT2D eigenvalue weighted by molar-refractivity contribution is -0.143. The molecule has 0 saturated carbocycles. The Kier molecular flexibility index (Phi) is 3.79. The maximum absolute atomic E-state index is 12.4. The van der Waals surface area contributed by atoms with Crippen molar-refractivity contribution in [1.29, 1.82) is 5.26 Å². The highest BCUT2D eigenvalue weighted by Crippen LogP contribution is 2.12. The van der Waals surface area contributed by atoms with Crippen molar-refractivity contribution in [3.8, 4) is 6.07 Å². The fourth-order valence-electron chi connectivity index (χ4n) is 0.616. The molecule has 0 aromatic carbocycles. The number of carbonyl (C=O) groups is 1. The maximum Gasteiger partial charge on any atom is 0.321 e. The number of rotatable bonds is 3. The molecule has 1 N–H and O–H groups in total. The zero-order valence-electron chi connectivity index (χ0n) is 7.77. The van der Waals surface area contributed by atoms with Crippen LogP contribution in [-0.2, 0) is 4.79 Å². The average Bonchev–Trinajstić information content (AvgIpc) is 1.96. The summed E-state index contributed by atoms with van der Waals surface area (Å²) in [6, 6.07) is 0.877. The molecule has 0 saturated heterocycles. The highest BCUT2D eigenvalue weighted by molar-refractivity contribution is 5.83. The van der Waals surface area contributed by atoms with Gasteiger partial charge in [0.1, 0.15) is 6.04 Å². The predicted molar refractivity (Wildman–Crippen MR) is 43.0 cm³/mol. The second-order valence-corrected chi connectivity index (χ2v) is 3.21. The third-order valence-corrected chi connectivity index (χ3v) is 1.49. The molecule has 0 aliphatic rings. The van der Waals surface area contributed by atoms with Gasteiger partial charge in [0.05, 0.1) is 6.07 Å². The van der Waals surface area contributed by atoms with Crippen molar-refractivity contribution >= 4 is 5.91 Å². The molecular weight excluding hydrogens is 178 g/mol. The van der Waals surface area contributed by atoms with Gasteiger partial charge in [-0.3, -0.25) is 4.79 Å². The first-order chi connectivity index (χ1) is 5.79. The lowest BCUT2D eigenvalue weighted by atomic mass is 10.1. The number of hydrogen-bond donors (Lipinski definition) is 1. The van der Waals surface area contributed by atoms with E-state index in [2.05, 4.69) is 0 Å². The van der Waals surface area contributed by atoms with Gasteiger partial charge in [-0.15, -0.1) is 0 Å². The number of amides is 1. The van der Waals surface area contributed by atoms with Crippen molar-refractivity contribution in [3.05, 3.63) is 0 Å². The summed E-state index contributed by atoms with van der Waals surface area (Å²) in [4.78, 5) is 10.7. The highest BCUT2D eigenvalue weighted by atomic mass is 19.3. The number of nitrogens with one attached hydrogen (secondary N) is 1. The Labute approximate surface area is 75.7 Å². The quantitative estimate of drug-likeness (QED) is 0.729. The number of halogens is 2. The molecule has 5 heteroatoms. The van der Waals surface area contributed by atoms with Crippen molar-refractivity contribution in [1.82, 2.24) is 5.32 Å². The van der Waals surface area contributed by atoms with E-state index in [-0.39, 0.29) is 5.92 Å². The molecule has 0 aromatic heterocycles. The van der Waals surface area contributed by atoms with Crippen LogP contribution in [0.4, 0.5) is 8.78 Å². The van der Waals surface area contributed by atoms with Crippen LogP contribution in [0.1, 0.15) is 20.8 Å². The fraction of sp³-hybridized carbons (Fsp3) is 0.750. The number of nitriles is 1. The largest absolute Gasteiger partial charge is 0.335 e. The SMILES string of the molecule is CC(C)C(C#N)NC(=O)C(C)(F)F. The first-order valence-corrected chi connectivity index (χ1v) is 3.87. The van der Waals surface area contributed by atoms with Gasteiger partial charge in [0.15, 0.2) is 0 Å². The van der Waals surface area contributed by atoms with Crippen molar-refractivity contribution in [2.45, 2.75) is 32.7 Å². The van der Waals surface area contributed by atoms with Crippen LogP contribution < -0.4 is 5.32 Å². The minimum absolute atomic E-state index is 0.184. The van der Waals surface area contributed by atoms with Crippen LogP contribution in [0.3, 0.4) is 0 Å². The Bertz CT molecular complexity index is 227. The highest BCUT2D eigenvalue weighted by Gasteiger charge is 2.34. The lowest BCUT2D eigenvalue weighted by Gasteiger charge is -2.17. The minimum atomic E-state index is -3.43. The summed E-state index contributed by atoms with van der Waals surface area (Å²) >= 11 is 0. The number of nitrogens with zero attached hydrogens (tertiary/aromatic N) is 1. The normalized spacial score (nSPS) is 13.6. The third kappa shape index (κ3) is 3.83. The van der Waals surface area contributed by atoms with Crippen LogP contribution in [0.2, 0.25) is 0 Å². The Morgan fingerprint density at radius 2 is 2.00 bits per heavy atom. The Hall–Kier alpha value is -1.18. The molecule has 0 spiro atoms. The molecule has 0 heterocycles. The summed E-state index contributed by atoms with van der Waals surface area (Å²) in [5.41, 5.74) is 0. The lowest BCUT2D eigenvalue weighted by Crippen LogP contribution is -2.45. The minimum Gasteiger partial charge on any atom is -0.335 e. The van der Waals surface area contributed by atoms with E-state index in [0.29, 0.717) is 6.92 Å². The van der Waals surface area contributed by atoms with Gasteiger partial charge in [0.2, 0.25) is 0 Å². The standard InChI is InChI=1S/C8H12F2N2O/c1-5(2)6(4-11)12-7(13)8(3,9)10/h5-6H,1-3H3,(H,12,13). The van der Waals surface area contributed by atoms with Gasteiger partial charge in [-0.05, 0) is 5.92 Å². The smallest absolute Gasteiger partial charge is 0.321 e. The predicted octanol–water partition coefficient (Wildman–Crippen LogP) is 1.31. The van der Waals surface area contributed by atoms with E-state index in [4.69, 9.17) is 5.26 Å². The van der Waals surface area contributed by atoms with Gasteiger partial charge in [0, 0.05) is 6.92 Å². The molecule has 1 amide bonds. The number of alkyl halides is 2. The molecular formula is C8H12F2N2O. The van der Waals surface area contributed by atoms with Crippen molar-refractivity contribution in [3.63, 3.8) is 0 Å². The summed E-state index contributed by atoms with van der Waals surface area (Å²) in [5.74, 6) is -5.02. The number of carbonyl (C=O) groups excluding carboxylic acids is 1. The molecule has 0 rings (SSSR count). The van der Waals surface area contributed by atoms with Gasteiger partial charge in [-0.2, -0.15) is 14.0 Å². The Morgan fingerprint density at radius 3 is 2.23 bits per heavy atom. The fourth-order valence-corrected chi connectivity index (χ4v) is 0.616. The van der Waals surface area contributed by atoms with Gasteiger partial charge < -0.3 is 5.32 Å². The summed E-state index contributed by atoms with van der Waals surface area (Å²) < 4.78 is 24.7. The van der Waals surface area contributed by atoms with Crippen LogP contribution >= 0.6 is 0 Å². The van der Waals surface area contributed by atoms with Crippen molar-refractivity contribution in [2.75, 3.05) is 0 Å². The molecule has 1 unspecified atom stereocenters. The van der Waals surface area contributed by atoms with Gasteiger partial charge in [-0.1, -0.05) is 13.8 Å².